The van der Waals surface area contributed by atoms with Crippen molar-refractivity contribution in [2.75, 3.05) is 12.3 Å². The zero-order valence-corrected chi connectivity index (χ0v) is 11.1. The summed E-state index contributed by atoms with van der Waals surface area (Å²) < 4.78 is 15.7. The van der Waals surface area contributed by atoms with Crippen molar-refractivity contribution in [2.24, 2.45) is 0 Å². The first-order valence-corrected chi connectivity index (χ1v) is 6.22. The Kier molecular flexibility index (Phi) is 2.94. The molecule has 0 fully saturated rings. The molecule has 1 aliphatic carbocycles. The molecule has 8 nitrogen and oxygen atoms in total. The zero-order chi connectivity index (χ0) is 15.4. The number of nitrogen functional groups attached to an aromatic ring is 1. The SMILES string of the molecule is C[C@@]1(O)[C@H](O)C(CO)=C(F)[C@H]1n1cnc2c(N)ncnc21. The lowest BCUT2D eigenvalue weighted by Crippen LogP contribution is -2.43. The van der Waals surface area contributed by atoms with Gasteiger partial charge in [0.25, 0.3) is 0 Å². The van der Waals surface area contributed by atoms with Crippen molar-refractivity contribution in [1.82, 2.24) is 19.5 Å². The molecule has 5 N–H and O–H groups in total. The number of nitrogens with two attached hydrogens (primary N) is 1. The van der Waals surface area contributed by atoms with Gasteiger partial charge < -0.3 is 25.6 Å². The van der Waals surface area contributed by atoms with Crippen LogP contribution in [-0.4, -0.2) is 53.2 Å². The van der Waals surface area contributed by atoms with Gasteiger partial charge in [-0.3, -0.25) is 0 Å². The second-order valence-electron chi connectivity index (χ2n) is 5.15. The summed E-state index contributed by atoms with van der Waals surface area (Å²) in [4.78, 5) is 11.8. The third kappa shape index (κ3) is 1.75. The maximum absolute atomic E-state index is 14.5. The van der Waals surface area contributed by atoms with Crippen LogP contribution >= 0.6 is 0 Å². The molecule has 2 heterocycles. The number of imidazole rings is 1. The van der Waals surface area contributed by atoms with Crippen LogP contribution in [0.3, 0.4) is 0 Å². The fourth-order valence-electron chi connectivity index (χ4n) is 2.69. The van der Waals surface area contributed by atoms with Gasteiger partial charge in [0.15, 0.2) is 11.5 Å². The molecular formula is C12H14FN5O3. The molecule has 2 aromatic heterocycles. The van der Waals surface area contributed by atoms with Crippen LogP contribution in [0.2, 0.25) is 0 Å². The van der Waals surface area contributed by atoms with Gasteiger partial charge in [0.05, 0.1) is 12.9 Å². The second-order valence-corrected chi connectivity index (χ2v) is 5.15. The molecule has 0 saturated carbocycles. The van der Waals surface area contributed by atoms with E-state index in [2.05, 4.69) is 15.0 Å². The Hall–Kier alpha value is -2.10. The Labute approximate surface area is 118 Å². The van der Waals surface area contributed by atoms with E-state index in [0.29, 0.717) is 0 Å². The molecule has 1 aliphatic rings. The first kappa shape index (κ1) is 13.9. The average molecular weight is 295 g/mol. The standard InChI is InChI=1S/C12H14FN5O3/c1-12(21)8(6(13)5(2-19)9(12)20)18-4-17-7-10(14)15-3-16-11(7)18/h3-4,8-9,19-21H,2H2,1H3,(H2,14,15,16)/t8-,9-,12+/m1/s1. The molecule has 0 aliphatic heterocycles. The monoisotopic (exact) mass is 295 g/mol. The summed E-state index contributed by atoms with van der Waals surface area (Å²) in [5.74, 6) is -0.685. The lowest BCUT2D eigenvalue weighted by molar-refractivity contribution is -0.0597. The Morgan fingerprint density at radius 2 is 2.14 bits per heavy atom. The lowest BCUT2D eigenvalue weighted by atomic mass is 9.95. The van der Waals surface area contributed by atoms with E-state index in [0.717, 1.165) is 0 Å². The molecule has 3 rings (SSSR count). The number of aliphatic hydroxyl groups excluding tert-OH is 2. The molecular weight excluding hydrogens is 281 g/mol. The number of nitrogens with zero attached hydrogens (tertiary/aromatic N) is 4. The minimum atomic E-state index is -1.85. The summed E-state index contributed by atoms with van der Waals surface area (Å²) >= 11 is 0. The number of rotatable bonds is 2. The number of hydrogen-bond acceptors (Lipinski definition) is 7. The summed E-state index contributed by atoms with van der Waals surface area (Å²) in [6, 6.07) is -1.26. The van der Waals surface area contributed by atoms with E-state index < -0.39 is 30.2 Å². The van der Waals surface area contributed by atoms with Crippen LogP contribution in [0.5, 0.6) is 0 Å². The number of hydrogen-bond donors (Lipinski definition) is 4. The largest absolute Gasteiger partial charge is 0.392 e. The third-order valence-electron chi connectivity index (χ3n) is 3.82. The number of fused-ring (bicyclic) bond motifs is 1. The smallest absolute Gasteiger partial charge is 0.166 e. The van der Waals surface area contributed by atoms with Crippen molar-refractivity contribution in [1.29, 1.82) is 0 Å². The number of aromatic nitrogens is 4. The van der Waals surface area contributed by atoms with E-state index in [4.69, 9.17) is 5.73 Å². The highest BCUT2D eigenvalue weighted by molar-refractivity contribution is 5.81. The summed E-state index contributed by atoms with van der Waals surface area (Å²) in [5.41, 5.74) is 4.06. The van der Waals surface area contributed by atoms with Gasteiger partial charge in [0, 0.05) is 5.57 Å². The zero-order valence-electron chi connectivity index (χ0n) is 11.1. The van der Waals surface area contributed by atoms with E-state index in [1.807, 2.05) is 0 Å². The Morgan fingerprint density at radius 1 is 1.43 bits per heavy atom. The second kappa shape index (κ2) is 4.45. The predicted octanol–water partition coefficient (Wildman–Crippen LogP) is -0.709. The average Bonchev–Trinajstić information content (AvgIpc) is 2.90. The molecule has 21 heavy (non-hydrogen) atoms. The van der Waals surface area contributed by atoms with Gasteiger partial charge in [0.2, 0.25) is 0 Å². The van der Waals surface area contributed by atoms with Crippen molar-refractivity contribution in [3.63, 3.8) is 0 Å². The molecule has 112 valence electrons. The van der Waals surface area contributed by atoms with Gasteiger partial charge in [-0.15, -0.1) is 0 Å². The Balaban J connectivity index is 2.22. The molecule has 9 heteroatoms. The van der Waals surface area contributed by atoms with E-state index >= 15 is 0 Å². The maximum atomic E-state index is 14.5. The van der Waals surface area contributed by atoms with Crippen LogP contribution in [-0.2, 0) is 0 Å². The van der Waals surface area contributed by atoms with Crippen molar-refractivity contribution in [3.05, 3.63) is 24.1 Å². The fraction of sp³-hybridized carbons (Fsp3) is 0.417. The topological polar surface area (TPSA) is 130 Å². The fourth-order valence-corrected chi connectivity index (χ4v) is 2.69. The molecule has 0 saturated heterocycles. The predicted molar refractivity (Wildman–Crippen MR) is 70.6 cm³/mol. The quantitative estimate of drug-likeness (QED) is 0.575. The molecule has 0 bridgehead atoms. The van der Waals surface area contributed by atoms with E-state index in [-0.39, 0.29) is 22.6 Å². The van der Waals surface area contributed by atoms with Crippen LogP contribution in [0.25, 0.3) is 11.2 Å². The van der Waals surface area contributed by atoms with E-state index in [1.54, 1.807) is 0 Å². The normalized spacial score (nSPS) is 29.6. The Morgan fingerprint density at radius 3 is 2.76 bits per heavy atom. The first-order valence-electron chi connectivity index (χ1n) is 6.22. The number of anilines is 1. The van der Waals surface area contributed by atoms with Crippen molar-refractivity contribution < 1.29 is 19.7 Å². The summed E-state index contributed by atoms with van der Waals surface area (Å²) in [6.07, 6.45) is 0.940. The van der Waals surface area contributed by atoms with Gasteiger partial charge in [-0.25, -0.2) is 19.3 Å². The molecule has 2 aromatic rings. The first-order chi connectivity index (χ1) is 9.89. The molecule has 0 amide bonds. The maximum Gasteiger partial charge on any atom is 0.166 e. The highest BCUT2D eigenvalue weighted by Gasteiger charge is 2.52. The van der Waals surface area contributed by atoms with Gasteiger partial charge in [0.1, 0.15) is 35.4 Å². The lowest BCUT2D eigenvalue weighted by Gasteiger charge is -2.30. The Bertz CT molecular complexity index is 742. The minimum absolute atomic E-state index is 0.128. The van der Waals surface area contributed by atoms with Gasteiger partial charge in [-0.05, 0) is 6.92 Å². The van der Waals surface area contributed by atoms with Crippen LogP contribution in [0.1, 0.15) is 13.0 Å². The van der Waals surface area contributed by atoms with Gasteiger partial charge in [-0.2, -0.15) is 0 Å². The number of halogens is 1. The van der Waals surface area contributed by atoms with Crippen molar-refractivity contribution in [3.8, 4) is 0 Å². The summed E-state index contributed by atoms with van der Waals surface area (Å²) in [6.45, 7) is 0.588. The van der Waals surface area contributed by atoms with Crippen LogP contribution in [0.15, 0.2) is 24.1 Å². The molecule has 0 radical (unpaired) electrons. The molecule has 3 atom stereocenters. The summed E-state index contributed by atoms with van der Waals surface area (Å²) in [5, 5.41) is 29.6. The molecule has 0 unspecified atom stereocenters. The van der Waals surface area contributed by atoms with Crippen LogP contribution in [0.4, 0.5) is 10.2 Å². The van der Waals surface area contributed by atoms with E-state index in [9.17, 15) is 19.7 Å². The third-order valence-corrected chi connectivity index (χ3v) is 3.82. The van der Waals surface area contributed by atoms with Gasteiger partial charge >= 0.3 is 0 Å². The molecule has 0 spiro atoms. The van der Waals surface area contributed by atoms with E-state index in [1.165, 1.54) is 24.1 Å². The minimum Gasteiger partial charge on any atom is -0.392 e. The van der Waals surface area contributed by atoms with Crippen molar-refractivity contribution >= 4 is 17.0 Å². The number of aliphatic hydroxyl groups is 3. The molecule has 0 aromatic carbocycles. The summed E-state index contributed by atoms with van der Waals surface area (Å²) in [7, 11) is 0. The highest BCUT2D eigenvalue weighted by atomic mass is 19.1. The van der Waals surface area contributed by atoms with Crippen LogP contribution < -0.4 is 5.73 Å². The van der Waals surface area contributed by atoms with Gasteiger partial charge in [-0.1, -0.05) is 0 Å². The highest BCUT2D eigenvalue weighted by Crippen LogP contribution is 2.45. The van der Waals surface area contributed by atoms with Crippen LogP contribution in [0, 0.1) is 0 Å². The van der Waals surface area contributed by atoms with Crippen molar-refractivity contribution in [2.45, 2.75) is 24.7 Å².